The van der Waals surface area contributed by atoms with Crippen LogP contribution in [0.5, 0.6) is 5.75 Å². The molecule has 0 bridgehead atoms. The van der Waals surface area contributed by atoms with Crippen LogP contribution in [-0.4, -0.2) is 17.5 Å². The van der Waals surface area contributed by atoms with Gasteiger partial charge in [-0.2, -0.15) is 0 Å². The number of aromatic nitrogens is 1. The standard InChI is InChI=1S/C16H19N3O2/c1-12(14-6-8-18-9-7-14)19-10-13-2-4-15(5-3-13)21-11-16(17)20/h2-9,12,19H,10-11H2,1H3,(H2,17,20). The second-order valence-electron chi connectivity index (χ2n) is 4.78. The number of ether oxygens (including phenoxy) is 1. The molecule has 0 spiro atoms. The second-order valence-corrected chi connectivity index (χ2v) is 4.78. The Morgan fingerprint density at radius 2 is 1.90 bits per heavy atom. The van der Waals surface area contributed by atoms with E-state index in [1.807, 2.05) is 36.4 Å². The number of amides is 1. The summed E-state index contributed by atoms with van der Waals surface area (Å²) in [5, 5.41) is 3.44. The first-order chi connectivity index (χ1) is 10.1. The molecule has 0 aliphatic rings. The van der Waals surface area contributed by atoms with E-state index < -0.39 is 5.91 Å². The number of hydrogen-bond donors (Lipinski definition) is 2. The highest BCUT2D eigenvalue weighted by Crippen LogP contribution is 2.14. The maximum atomic E-state index is 10.6. The lowest BCUT2D eigenvalue weighted by molar-refractivity contribution is -0.119. The van der Waals surface area contributed by atoms with Crippen LogP contribution in [0.3, 0.4) is 0 Å². The number of primary amides is 1. The molecule has 0 saturated carbocycles. The number of rotatable bonds is 7. The van der Waals surface area contributed by atoms with Gasteiger partial charge < -0.3 is 15.8 Å². The Kier molecular flexibility index (Phi) is 5.29. The SMILES string of the molecule is CC(NCc1ccc(OCC(N)=O)cc1)c1ccncc1. The Bertz CT molecular complexity index is 570. The van der Waals surface area contributed by atoms with Crippen LogP contribution in [0.25, 0.3) is 0 Å². The number of carbonyl (C=O) groups excluding carboxylic acids is 1. The van der Waals surface area contributed by atoms with Crippen molar-refractivity contribution >= 4 is 5.91 Å². The average molecular weight is 285 g/mol. The number of carbonyl (C=O) groups is 1. The summed E-state index contributed by atoms with van der Waals surface area (Å²) in [6, 6.07) is 11.8. The molecule has 5 nitrogen and oxygen atoms in total. The van der Waals surface area contributed by atoms with Crippen molar-refractivity contribution < 1.29 is 9.53 Å². The summed E-state index contributed by atoms with van der Waals surface area (Å²) in [4.78, 5) is 14.6. The molecule has 110 valence electrons. The lowest BCUT2D eigenvalue weighted by Crippen LogP contribution is -2.20. The lowest BCUT2D eigenvalue weighted by atomic mass is 10.1. The number of hydrogen-bond acceptors (Lipinski definition) is 4. The second kappa shape index (κ2) is 7.40. The van der Waals surface area contributed by atoms with Crippen LogP contribution in [0.1, 0.15) is 24.1 Å². The molecule has 0 aliphatic carbocycles. The number of nitrogens with two attached hydrogens (primary N) is 1. The molecular weight excluding hydrogens is 266 g/mol. The van der Waals surface area contributed by atoms with Gasteiger partial charge in [0.05, 0.1) is 0 Å². The molecule has 0 radical (unpaired) electrons. The van der Waals surface area contributed by atoms with E-state index in [2.05, 4.69) is 17.2 Å². The van der Waals surface area contributed by atoms with Crippen molar-refractivity contribution in [1.82, 2.24) is 10.3 Å². The largest absolute Gasteiger partial charge is 0.484 e. The summed E-state index contributed by atoms with van der Waals surface area (Å²) in [7, 11) is 0. The number of benzene rings is 1. The number of nitrogens with zero attached hydrogens (tertiary/aromatic N) is 1. The van der Waals surface area contributed by atoms with Gasteiger partial charge in [-0.05, 0) is 42.3 Å². The van der Waals surface area contributed by atoms with E-state index in [4.69, 9.17) is 10.5 Å². The van der Waals surface area contributed by atoms with E-state index in [-0.39, 0.29) is 12.6 Å². The Hall–Kier alpha value is -2.40. The fourth-order valence-electron chi connectivity index (χ4n) is 1.90. The summed E-state index contributed by atoms with van der Waals surface area (Å²) < 4.78 is 5.22. The molecule has 1 amide bonds. The molecular formula is C16H19N3O2. The van der Waals surface area contributed by atoms with Crippen molar-refractivity contribution in [3.8, 4) is 5.75 Å². The zero-order valence-electron chi connectivity index (χ0n) is 12.0. The summed E-state index contributed by atoms with van der Waals surface area (Å²) in [6.45, 7) is 2.76. The van der Waals surface area contributed by atoms with Gasteiger partial charge >= 0.3 is 0 Å². The van der Waals surface area contributed by atoms with Crippen molar-refractivity contribution in [3.63, 3.8) is 0 Å². The van der Waals surface area contributed by atoms with E-state index in [1.165, 1.54) is 5.56 Å². The van der Waals surface area contributed by atoms with Gasteiger partial charge in [0.25, 0.3) is 5.91 Å². The average Bonchev–Trinajstić information content (AvgIpc) is 2.52. The van der Waals surface area contributed by atoms with Crippen LogP contribution >= 0.6 is 0 Å². The summed E-state index contributed by atoms with van der Waals surface area (Å²) in [5.74, 6) is 0.159. The minimum absolute atomic E-state index is 0.101. The van der Waals surface area contributed by atoms with E-state index in [0.717, 1.165) is 12.1 Å². The van der Waals surface area contributed by atoms with E-state index in [9.17, 15) is 4.79 Å². The topological polar surface area (TPSA) is 77.2 Å². The molecule has 2 rings (SSSR count). The Morgan fingerprint density at radius 1 is 1.24 bits per heavy atom. The van der Waals surface area contributed by atoms with Gasteiger partial charge in [-0.3, -0.25) is 9.78 Å². The van der Waals surface area contributed by atoms with Gasteiger partial charge in [-0.15, -0.1) is 0 Å². The van der Waals surface area contributed by atoms with E-state index >= 15 is 0 Å². The third-order valence-corrected chi connectivity index (χ3v) is 3.12. The molecule has 1 aromatic carbocycles. The zero-order valence-corrected chi connectivity index (χ0v) is 12.0. The van der Waals surface area contributed by atoms with Crippen molar-refractivity contribution in [2.45, 2.75) is 19.5 Å². The van der Waals surface area contributed by atoms with Gasteiger partial charge in [0.2, 0.25) is 0 Å². The van der Waals surface area contributed by atoms with Gasteiger partial charge in [-0.25, -0.2) is 0 Å². The molecule has 0 fully saturated rings. The van der Waals surface area contributed by atoms with Crippen LogP contribution < -0.4 is 15.8 Å². The monoisotopic (exact) mass is 285 g/mol. The third-order valence-electron chi connectivity index (χ3n) is 3.12. The molecule has 3 N–H and O–H groups in total. The first kappa shape index (κ1) is 15.0. The molecule has 0 saturated heterocycles. The highest BCUT2D eigenvalue weighted by atomic mass is 16.5. The van der Waals surface area contributed by atoms with E-state index in [1.54, 1.807) is 12.4 Å². The van der Waals surface area contributed by atoms with Crippen molar-refractivity contribution in [1.29, 1.82) is 0 Å². The highest BCUT2D eigenvalue weighted by Gasteiger charge is 2.04. The van der Waals surface area contributed by atoms with Crippen LogP contribution in [0.2, 0.25) is 0 Å². The first-order valence-corrected chi connectivity index (χ1v) is 6.78. The molecule has 5 heteroatoms. The minimum Gasteiger partial charge on any atom is -0.484 e. The van der Waals surface area contributed by atoms with Crippen LogP contribution in [0.15, 0.2) is 48.8 Å². The highest BCUT2D eigenvalue weighted by molar-refractivity contribution is 5.75. The van der Waals surface area contributed by atoms with Crippen LogP contribution in [-0.2, 0) is 11.3 Å². The predicted octanol–water partition coefficient (Wildman–Crippen LogP) is 1.80. The molecule has 2 aromatic rings. The third kappa shape index (κ3) is 4.89. The Labute approximate surface area is 124 Å². The Balaban J connectivity index is 1.85. The Morgan fingerprint density at radius 3 is 2.52 bits per heavy atom. The smallest absolute Gasteiger partial charge is 0.255 e. The molecule has 1 atom stereocenters. The fourth-order valence-corrected chi connectivity index (χ4v) is 1.90. The molecule has 1 unspecified atom stereocenters. The summed E-state index contributed by atoms with van der Waals surface area (Å²) >= 11 is 0. The van der Waals surface area contributed by atoms with E-state index in [0.29, 0.717) is 5.75 Å². The molecule has 0 aliphatic heterocycles. The lowest BCUT2D eigenvalue weighted by Gasteiger charge is -2.14. The number of nitrogens with one attached hydrogen (secondary N) is 1. The van der Waals surface area contributed by atoms with Gasteiger partial charge in [0.15, 0.2) is 6.61 Å². The molecule has 1 aromatic heterocycles. The minimum atomic E-state index is -0.480. The summed E-state index contributed by atoms with van der Waals surface area (Å²) in [6.07, 6.45) is 3.58. The molecule has 21 heavy (non-hydrogen) atoms. The van der Waals surface area contributed by atoms with Gasteiger partial charge in [-0.1, -0.05) is 12.1 Å². The number of pyridine rings is 1. The van der Waals surface area contributed by atoms with Crippen LogP contribution in [0.4, 0.5) is 0 Å². The van der Waals surface area contributed by atoms with Crippen LogP contribution in [0, 0.1) is 0 Å². The summed E-state index contributed by atoms with van der Waals surface area (Å²) in [5.41, 5.74) is 7.37. The van der Waals surface area contributed by atoms with Crippen molar-refractivity contribution in [2.24, 2.45) is 5.73 Å². The van der Waals surface area contributed by atoms with Gasteiger partial charge in [0.1, 0.15) is 5.75 Å². The van der Waals surface area contributed by atoms with Gasteiger partial charge in [0, 0.05) is 25.0 Å². The predicted molar refractivity (Wildman–Crippen MR) is 80.6 cm³/mol. The fraction of sp³-hybridized carbons (Fsp3) is 0.250. The zero-order chi connectivity index (χ0) is 15.1. The normalized spacial score (nSPS) is 11.9. The maximum absolute atomic E-state index is 10.6. The molecule has 1 heterocycles. The maximum Gasteiger partial charge on any atom is 0.255 e. The first-order valence-electron chi connectivity index (χ1n) is 6.78. The van der Waals surface area contributed by atoms with Crippen molar-refractivity contribution in [3.05, 3.63) is 59.9 Å². The quantitative estimate of drug-likeness (QED) is 0.813. The van der Waals surface area contributed by atoms with Crippen molar-refractivity contribution in [2.75, 3.05) is 6.61 Å².